The second-order valence-electron chi connectivity index (χ2n) is 4.01. The predicted molar refractivity (Wildman–Crippen MR) is 74.3 cm³/mol. The Hall–Kier alpha value is -1.45. The van der Waals surface area contributed by atoms with Gasteiger partial charge in [-0.3, -0.25) is 5.84 Å². The van der Waals surface area contributed by atoms with Crippen LogP contribution in [0, 0.1) is 13.8 Å². The lowest BCUT2D eigenvalue weighted by Gasteiger charge is -2.11. The highest BCUT2D eigenvalue weighted by Crippen LogP contribution is 2.35. The van der Waals surface area contributed by atoms with Gasteiger partial charge in [0.15, 0.2) is 0 Å². The molecule has 0 radical (unpaired) electrons. The standard InChI is InChI=1S/C14H16N2S/c1-10-6-8-12(9-7-10)17-14-11(2)4-3-5-13(14)16-15/h3-9,16H,15H2,1-2H3. The van der Waals surface area contributed by atoms with E-state index in [4.69, 9.17) is 5.84 Å². The average molecular weight is 244 g/mol. The molecule has 0 bridgehead atoms. The number of aryl methyl sites for hydroxylation is 2. The third-order valence-electron chi connectivity index (χ3n) is 2.61. The fourth-order valence-electron chi connectivity index (χ4n) is 1.63. The van der Waals surface area contributed by atoms with Crippen molar-refractivity contribution in [2.45, 2.75) is 23.6 Å². The number of hydrogen-bond donors (Lipinski definition) is 2. The van der Waals surface area contributed by atoms with Gasteiger partial charge in [-0.15, -0.1) is 0 Å². The summed E-state index contributed by atoms with van der Waals surface area (Å²) in [5.41, 5.74) is 6.22. The van der Waals surface area contributed by atoms with Crippen LogP contribution in [0.4, 0.5) is 5.69 Å². The van der Waals surface area contributed by atoms with Crippen molar-refractivity contribution in [1.29, 1.82) is 0 Å². The molecule has 0 saturated carbocycles. The van der Waals surface area contributed by atoms with Crippen LogP contribution in [0.1, 0.15) is 11.1 Å². The first-order valence-electron chi connectivity index (χ1n) is 5.51. The summed E-state index contributed by atoms with van der Waals surface area (Å²) in [6.45, 7) is 4.19. The van der Waals surface area contributed by atoms with Crippen LogP contribution in [-0.4, -0.2) is 0 Å². The fourth-order valence-corrected chi connectivity index (χ4v) is 2.60. The van der Waals surface area contributed by atoms with Crippen molar-refractivity contribution >= 4 is 17.4 Å². The molecule has 88 valence electrons. The highest BCUT2D eigenvalue weighted by Gasteiger charge is 2.06. The lowest BCUT2D eigenvalue weighted by molar-refractivity contribution is 1.23. The third kappa shape index (κ3) is 2.81. The van der Waals surface area contributed by atoms with E-state index in [2.05, 4.69) is 49.6 Å². The van der Waals surface area contributed by atoms with Crippen molar-refractivity contribution in [1.82, 2.24) is 0 Å². The molecular weight excluding hydrogens is 228 g/mol. The van der Waals surface area contributed by atoms with Gasteiger partial charge in [0.25, 0.3) is 0 Å². The number of nitrogens with two attached hydrogens (primary N) is 1. The first-order valence-corrected chi connectivity index (χ1v) is 6.33. The van der Waals surface area contributed by atoms with E-state index in [1.807, 2.05) is 12.1 Å². The van der Waals surface area contributed by atoms with Crippen molar-refractivity contribution in [2.75, 3.05) is 5.43 Å². The van der Waals surface area contributed by atoms with Gasteiger partial charge >= 0.3 is 0 Å². The summed E-state index contributed by atoms with van der Waals surface area (Å²) in [5, 5.41) is 0. The van der Waals surface area contributed by atoms with Crippen LogP contribution in [0.2, 0.25) is 0 Å². The molecule has 0 atom stereocenters. The number of benzene rings is 2. The first-order chi connectivity index (χ1) is 8.20. The quantitative estimate of drug-likeness (QED) is 0.638. The molecule has 0 aromatic heterocycles. The monoisotopic (exact) mass is 244 g/mol. The molecule has 0 aliphatic carbocycles. The van der Waals surface area contributed by atoms with Gasteiger partial charge in [-0.2, -0.15) is 0 Å². The molecule has 0 aliphatic heterocycles. The van der Waals surface area contributed by atoms with E-state index in [1.165, 1.54) is 20.9 Å². The number of anilines is 1. The zero-order valence-electron chi connectivity index (χ0n) is 10.0. The van der Waals surface area contributed by atoms with Gasteiger partial charge in [0.2, 0.25) is 0 Å². The van der Waals surface area contributed by atoms with Gasteiger partial charge in [-0.25, -0.2) is 0 Å². The summed E-state index contributed by atoms with van der Waals surface area (Å²) in [6, 6.07) is 14.6. The van der Waals surface area contributed by atoms with Gasteiger partial charge in [0, 0.05) is 9.79 Å². The molecule has 0 heterocycles. The lowest BCUT2D eigenvalue weighted by Crippen LogP contribution is -2.08. The summed E-state index contributed by atoms with van der Waals surface area (Å²) in [5.74, 6) is 5.53. The topological polar surface area (TPSA) is 38.0 Å². The van der Waals surface area contributed by atoms with Crippen LogP contribution in [-0.2, 0) is 0 Å². The fraction of sp³-hybridized carbons (Fsp3) is 0.143. The minimum atomic E-state index is 0.968. The second kappa shape index (κ2) is 5.25. The number of nitrogens with one attached hydrogen (secondary N) is 1. The molecule has 2 nitrogen and oxygen atoms in total. The number of hydrazine groups is 1. The maximum atomic E-state index is 5.53. The van der Waals surface area contributed by atoms with Crippen LogP contribution in [0.15, 0.2) is 52.3 Å². The highest BCUT2D eigenvalue weighted by molar-refractivity contribution is 7.99. The van der Waals surface area contributed by atoms with E-state index in [-0.39, 0.29) is 0 Å². The molecule has 0 aliphatic rings. The Bertz CT molecular complexity index is 506. The third-order valence-corrected chi connectivity index (χ3v) is 3.86. The molecule has 2 rings (SSSR count). The Kier molecular flexibility index (Phi) is 3.71. The molecule has 3 N–H and O–H groups in total. The molecule has 2 aromatic carbocycles. The average Bonchev–Trinajstić information content (AvgIpc) is 2.34. The second-order valence-corrected chi connectivity index (χ2v) is 5.09. The molecule has 2 aromatic rings. The maximum absolute atomic E-state index is 5.53. The Morgan fingerprint density at radius 3 is 2.35 bits per heavy atom. The van der Waals surface area contributed by atoms with E-state index in [9.17, 15) is 0 Å². The molecule has 0 amide bonds. The number of nitrogen functional groups attached to an aromatic ring is 1. The van der Waals surface area contributed by atoms with E-state index in [1.54, 1.807) is 11.8 Å². The Morgan fingerprint density at radius 2 is 1.71 bits per heavy atom. The molecular formula is C14H16N2S. The number of hydrogen-bond acceptors (Lipinski definition) is 3. The summed E-state index contributed by atoms with van der Waals surface area (Å²) >= 11 is 1.73. The van der Waals surface area contributed by atoms with Gasteiger partial charge in [0.05, 0.1) is 5.69 Å². The SMILES string of the molecule is Cc1ccc(Sc2c(C)cccc2NN)cc1. The molecule has 17 heavy (non-hydrogen) atoms. The maximum Gasteiger partial charge on any atom is 0.0627 e. The molecule has 0 unspecified atom stereocenters. The van der Waals surface area contributed by atoms with E-state index in [0.717, 1.165) is 5.69 Å². The summed E-state index contributed by atoms with van der Waals surface area (Å²) < 4.78 is 0. The molecule has 3 heteroatoms. The highest BCUT2D eigenvalue weighted by atomic mass is 32.2. The van der Waals surface area contributed by atoms with E-state index < -0.39 is 0 Å². The van der Waals surface area contributed by atoms with Crippen molar-refractivity contribution in [2.24, 2.45) is 5.84 Å². The van der Waals surface area contributed by atoms with Crippen molar-refractivity contribution in [3.8, 4) is 0 Å². The summed E-state index contributed by atoms with van der Waals surface area (Å²) in [4.78, 5) is 2.40. The van der Waals surface area contributed by atoms with Gasteiger partial charge in [-0.05, 0) is 37.6 Å². The van der Waals surface area contributed by atoms with Crippen LogP contribution in [0.5, 0.6) is 0 Å². The van der Waals surface area contributed by atoms with Crippen LogP contribution in [0.25, 0.3) is 0 Å². The summed E-state index contributed by atoms with van der Waals surface area (Å²) in [6.07, 6.45) is 0. The predicted octanol–water partition coefficient (Wildman–Crippen LogP) is 3.74. The van der Waals surface area contributed by atoms with E-state index >= 15 is 0 Å². The molecule has 0 fully saturated rings. The normalized spacial score (nSPS) is 10.3. The summed E-state index contributed by atoms with van der Waals surface area (Å²) in [7, 11) is 0. The van der Waals surface area contributed by atoms with Crippen LogP contribution in [0.3, 0.4) is 0 Å². The first kappa shape index (κ1) is 12.0. The van der Waals surface area contributed by atoms with Crippen molar-refractivity contribution in [3.63, 3.8) is 0 Å². The number of rotatable bonds is 3. The molecule has 0 saturated heterocycles. The van der Waals surface area contributed by atoms with Crippen molar-refractivity contribution < 1.29 is 0 Å². The van der Waals surface area contributed by atoms with Crippen molar-refractivity contribution in [3.05, 3.63) is 53.6 Å². The molecule has 0 spiro atoms. The van der Waals surface area contributed by atoms with Gasteiger partial charge < -0.3 is 5.43 Å². The van der Waals surface area contributed by atoms with Gasteiger partial charge in [-0.1, -0.05) is 41.6 Å². The minimum Gasteiger partial charge on any atom is -0.323 e. The van der Waals surface area contributed by atoms with Gasteiger partial charge in [0.1, 0.15) is 0 Å². The Balaban J connectivity index is 2.32. The zero-order valence-corrected chi connectivity index (χ0v) is 10.8. The smallest absolute Gasteiger partial charge is 0.0627 e. The van der Waals surface area contributed by atoms with Crippen LogP contribution >= 0.6 is 11.8 Å². The van der Waals surface area contributed by atoms with Crippen LogP contribution < -0.4 is 11.3 Å². The zero-order chi connectivity index (χ0) is 12.3. The van der Waals surface area contributed by atoms with E-state index in [0.29, 0.717) is 0 Å². The lowest BCUT2D eigenvalue weighted by atomic mass is 10.2. The largest absolute Gasteiger partial charge is 0.323 e. The Morgan fingerprint density at radius 1 is 1.00 bits per heavy atom. The Labute approximate surface area is 106 Å². The minimum absolute atomic E-state index is 0.968.